The van der Waals surface area contributed by atoms with Crippen molar-refractivity contribution < 1.29 is 29.1 Å². The SMILES string of the molecule is CC1=C(C)C(=O)N(CC(OOC2CC(C)CCC2C(C)C)OOC2CC(C)CCC2C(C)C)C1=O. The number of nitrogens with zero attached hydrogens (tertiary/aromatic N) is 1. The summed E-state index contributed by atoms with van der Waals surface area (Å²) >= 11 is 0. The van der Waals surface area contributed by atoms with Gasteiger partial charge in [-0.3, -0.25) is 14.5 Å². The number of carbonyl (C=O) groups is 2. The molecule has 1 heterocycles. The summed E-state index contributed by atoms with van der Waals surface area (Å²) in [6.45, 7) is 16.6. The fraction of sp³-hybridized carbons (Fsp3) is 0.857. The van der Waals surface area contributed by atoms with Gasteiger partial charge in [0.05, 0.1) is 18.8 Å². The lowest BCUT2D eigenvalue weighted by atomic mass is 9.75. The number of amides is 2. The summed E-state index contributed by atoms with van der Waals surface area (Å²) in [6.07, 6.45) is 5.24. The largest absolute Gasteiger partial charge is 0.270 e. The van der Waals surface area contributed by atoms with Gasteiger partial charge in [-0.2, -0.15) is 9.78 Å². The summed E-state index contributed by atoms with van der Waals surface area (Å²) in [6, 6.07) is 0. The highest BCUT2D eigenvalue weighted by Gasteiger charge is 2.39. The number of hydrogen-bond donors (Lipinski definition) is 0. The van der Waals surface area contributed by atoms with Gasteiger partial charge in [-0.1, -0.05) is 54.4 Å². The first-order valence-electron chi connectivity index (χ1n) is 13.7. The summed E-state index contributed by atoms with van der Waals surface area (Å²) in [5.41, 5.74) is 0.912. The normalized spacial score (nSPS) is 33.4. The van der Waals surface area contributed by atoms with Crippen molar-refractivity contribution in [3.63, 3.8) is 0 Å². The van der Waals surface area contributed by atoms with E-state index in [1.54, 1.807) is 13.8 Å². The molecule has 1 aliphatic heterocycles. The zero-order valence-electron chi connectivity index (χ0n) is 23.0. The minimum Gasteiger partial charge on any atom is -0.270 e. The molecule has 3 aliphatic rings. The van der Waals surface area contributed by atoms with Crippen molar-refractivity contribution in [3.8, 4) is 0 Å². The minimum absolute atomic E-state index is 0.0606. The summed E-state index contributed by atoms with van der Waals surface area (Å²) in [5.74, 6) is 2.20. The Morgan fingerprint density at radius 2 is 1.14 bits per heavy atom. The average Bonchev–Trinajstić information content (AvgIpc) is 2.98. The lowest BCUT2D eigenvalue weighted by Gasteiger charge is -2.38. The topological polar surface area (TPSA) is 74.3 Å². The van der Waals surface area contributed by atoms with Crippen LogP contribution in [-0.2, 0) is 29.1 Å². The van der Waals surface area contributed by atoms with Crippen LogP contribution in [0.15, 0.2) is 11.1 Å². The first-order chi connectivity index (χ1) is 16.5. The third-order valence-corrected chi connectivity index (χ3v) is 8.52. The Labute approximate surface area is 211 Å². The van der Waals surface area contributed by atoms with E-state index in [4.69, 9.17) is 19.6 Å². The van der Waals surface area contributed by atoms with Crippen molar-refractivity contribution in [2.75, 3.05) is 6.54 Å². The molecule has 2 fully saturated rings. The van der Waals surface area contributed by atoms with Crippen molar-refractivity contribution in [2.24, 2.45) is 35.5 Å². The van der Waals surface area contributed by atoms with Gasteiger partial charge in [-0.05, 0) is 75.0 Å². The second-order valence-corrected chi connectivity index (χ2v) is 12.0. The van der Waals surface area contributed by atoms with E-state index in [1.165, 1.54) is 17.7 Å². The van der Waals surface area contributed by atoms with Gasteiger partial charge in [0.15, 0.2) is 0 Å². The van der Waals surface area contributed by atoms with E-state index < -0.39 is 6.29 Å². The smallest absolute Gasteiger partial charge is 0.257 e. The Hall–Kier alpha value is -1.28. The molecule has 0 aromatic carbocycles. The predicted octanol–water partition coefficient (Wildman–Crippen LogP) is 5.84. The fourth-order valence-electron chi connectivity index (χ4n) is 5.93. The lowest BCUT2D eigenvalue weighted by molar-refractivity contribution is -0.489. The highest BCUT2D eigenvalue weighted by atomic mass is 17.3. The second-order valence-electron chi connectivity index (χ2n) is 12.0. The molecule has 0 spiro atoms. The lowest BCUT2D eigenvalue weighted by Crippen LogP contribution is -2.43. The molecule has 0 aromatic rings. The van der Waals surface area contributed by atoms with E-state index in [9.17, 15) is 9.59 Å². The maximum absolute atomic E-state index is 12.7. The molecule has 7 nitrogen and oxygen atoms in total. The summed E-state index contributed by atoms with van der Waals surface area (Å²) < 4.78 is 0. The van der Waals surface area contributed by atoms with Gasteiger partial charge in [-0.15, -0.1) is 0 Å². The fourth-order valence-corrected chi connectivity index (χ4v) is 5.93. The first kappa shape index (κ1) is 28.3. The Morgan fingerprint density at radius 1 is 0.743 bits per heavy atom. The van der Waals surface area contributed by atoms with Crippen molar-refractivity contribution >= 4 is 11.8 Å². The van der Waals surface area contributed by atoms with E-state index in [-0.39, 0.29) is 30.6 Å². The van der Waals surface area contributed by atoms with Gasteiger partial charge in [0, 0.05) is 11.1 Å². The van der Waals surface area contributed by atoms with Crippen molar-refractivity contribution in [1.29, 1.82) is 0 Å². The summed E-state index contributed by atoms with van der Waals surface area (Å²) in [7, 11) is 0. The Balaban J connectivity index is 1.70. The zero-order chi connectivity index (χ0) is 25.9. The Kier molecular flexibility index (Phi) is 9.95. The molecular formula is C28H47NO6. The molecule has 7 heteroatoms. The van der Waals surface area contributed by atoms with Crippen LogP contribution in [0, 0.1) is 35.5 Å². The molecule has 6 atom stereocenters. The maximum Gasteiger partial charge on any atom is 0.257 e. The molecule has 3 rings (SSSR count). The van der Waals surface area contributed by atoms with Crippen LogP contribution < -0.4 is 0 Å². The van der Waals surface area contributed by atoms with Crippen LogP contribution in [0.1, 0.15) is 93.9 Å². The van der Waals surface area contributed by atoms with Crippen LogP contribution in [-0.4, -0.2) is 41.8 Å². The second kappa shape index (κ2) is 12.3. The van der Waals surface area contributed by atoms with E-state index >= 15 is 0 Å². The van der Waals surface area contributed by atoms with Crippen LogP contribution in [0.4, 0.5) is 0 Å². The monoisotopic (exact) mass is 493 g/mol. The van der Waals surface area contributed by atoms with E-state index in [2.05, 4.69) is 41.5 Å². The third kappa shape index (κ3) is 6.94. The van der Waals surface area contributed by atoms with Gasteiger partial charge in [-0.25, -0.2) is 9.78 Å². The highest BCUT2D eigenvalue weighted by molar-refractivity contribution is 6.18. The standard InChI is InChI=1S/C28H47NO6/c1-16(2)22-11-9-18(5)13-24(22)32-34-26(15-29-27(30)20(7)21(8)28(29)31)35-33-25-14-19(6)10-12-23(25)17(3)4/h16-19,22-26H,9-15H2,1-8H3. The molecule has 0 N–H and O–H groups in total. The van der Waals surface area contributed by atoms with Crippen LogP contribution in [0.25, 0.3) is 0 Å². The number of hydrogen-bond acceptors (Lipinski definition) is 6. The first-order valence-corrected chi connectivity index (χ1v) is 13.7. The number of carbonyl (C=O) groups excluding carboxylic acids is 2. The zero-order valence-corrected chi connectivity index (χ0v) is 23.0. The molecular weight excluding hydrogens is 446 g/mol. The van der Waals surface area contributed by atoms with Gasteiger partial charge >= 0.3 is 0 Å². The molecule has 0 aromatic heterocycles. The van der Waals surface area contributed by atoms with Crippen LogP contribution >= 0.6 is 0 Å². The molecule has 0 bridgehead atoms. The molecule has 35 heavy (non-hydrogen) atoms. The number of imide groups is 1. The Bertz CT molecular complexity index is 717. The van der Waals surface area contributed by atoms with Crippen LogP contribution in [0.2, 0.25) is 0 Å². The van der Waals surface area contributed by atoms with Gasteiger partial charge < -0.3 is 0 Å². The predicted molar refractivity (Wildman–Crippen MR) is 133 cm³/mol. The summed E-state index contributed by atoms with van der Waals surface area (Å²) in [5, 5.41) is 0. The van der Waals surface area contributed by atoms with Crippen molar-refractivity contribution in [3.05, 3.63) is 11.1 Å². The van der Waals surface area contributed by atoms with E-state index in [0.29, 0.717) is 46.7 Å². The summed E-state index contributed by atoms with van der Waals surface area (Å²) in [4.78, 5) is 50.2. The van der Waals surface area contributed by atoms with Gasteiger partial charge in [0.2, 0.25) is 6.29 Å². The minimum atomic E-state index is -1.02. The highest BCUT2D eigenvalue weighted by Crippen LogP contribution is 2.37. The quantitative estimate of drug-likeness (QED) is 0.165. The molecule has 0 radical (unpaired) electrons. The Morgan fingerprint density at radius 3 is 1.51 bits per heavy atom. The van der Waals surface area contributed by atoms with Crippen LogP contribution in [0.3, 0.4) is 0 Å². The van der Waals surface area contributed by atoms with E-state index in [1.807, 2.05) is 0 Å². The molecule has 2 aliphatic carbocycles. The van der Waals surface area contributed by atoms with Crippen molar-refractivity contribution in [1.82, 2.24) is 4.90 Å². The van der Waals surface area contributed by atoms with Gasteiger partial charge in [0.1, 0.15) is 0 Å². The molecule has 2 saturated carbocycles. The van der Waals surface area contributed by atoms with Gasteiger partial charge in [0.25, 0.3) is 11.8 Å². The maximum atomic E-state index is 12.7. The van der Waals surface area contributed by atoms with E-state index in [0.717, 1.165) is 25.7 Å². The molecule has 0 saturated heterocycles. The van der Waals surface area contributed by atoms with Crippen LogP contribution in [0.5, 0.6) is 0 Å². The molecule has 2 amide bonds. The van der Waals surface area contributed by atoms with Crippen molar-refractivity contribution in [2.45, 2.75) is 112 Å². The third-order valence-electron chi connectivity index (χ3n) is 8.52. The average molecular weight is 494 g/mol. The molecule has 6 unspecified atom stereocenters. The molecule has 200 valence electrons. The number of rotatable bonds is 10.